The first kappa shape index (κ1) is 22.1. The van der Waals surface area contributed by atoms with Crippen molar-refractivity contribution in [1.29, 1.82) is 0 Å². The molecule has 1 aromatic rings. The summed E-state index contributed by atoms with van der Waals surface area (Å²) in [6.45, 7) is 7.38. The maximum atomic E-state index is 12.6. The van der Waals surface area contributed by atoms with E-state index >= 15 is 0 Å². The summed E-state index contributed by atoms with van der Waals surface area (Å²) < 4.78 is 10.7. The number of amides is 2. The van der Waals surface area contributed by atoms with E-state index in [0.29, 0.717) is 35.1 Å². The van der Waals surface area contributed by atoms with Crippen LogP contribution in [0.5, 0.6) is 11.5 Å². The summed E-state index contributed by atoms with van der Waals surface area (Å²) in [4.78, 5) is 40.8. The molecule has 164 valence electrons. The van der Waals surface area contributed by atoms with Crippen LogP contribution in [-0.2, 0) is 9.59 Å². The first-order chi connectivity index (χ1) is 14.2. The Bertz CT molecular complexity index is 815. The molecule has 0 aliphatic carbocycles. The number of likely N-dealkylation sites (tertiary alicyclic amines) is 1. The number of carbonyl (C=O) groups is 3. The molecule has 3 rings (SSSR count). The first-order valence-electron chi connectivity index (χ1n) is 10.5. The van der Waals surface area contributed by atoms with Crippen LogP contribution in [0.3, 0.4) is 0 Å². The largest absolute Gasteiger partial charge is 0.454 e. The monoisotopic (exact) mass is 417 g/mol. The Kier molecular flexibility index (Phi) is 6.97. The number of fused-ring (bicyclic) bond motifs is 1. The van der Waals surface area contributed by atoms with E-state index in [1.807, 2.05) is 25.8 Å². The number of hydrogen-bond acceptors (Lipinski definition) is 6. The van der Waals surface area contributed by atoms with E-state index in [4.69, 9.17) is 9.47 Å². The Hall–Kier alpha value is -2.61. The van der Waals surface area contributed by atoms with Crippen LogP contribution in [0.2, 0.25) is 0 Å². The predicted molar refractivity (Wildman–Crippen MR) is 113 cm³/mol. The van der Waals surface area contributed by atoms with Gasteiger partial charge in [0.2, 0.25) is 18.6 Å². The van der Waals surface area contributed by atoms with Gasteiger partial charge in [-0.1, -0.05) is 13.8 Å². The second-order valence-electron chi connectivity index (χ2n) is 8.47. The van der Waals surface area contributed by atoms with Gasteiger partial charge < -0.3 is 19.7 Å². The van der Waals surface area contributed by atoms with Crippen LogP contribution in [0.25, 0.3) is 0 Å². The summed E-state index contributed by atoms with van der Waals surface area (Å²) in [7, 11) is 1.88. The summed E-state index contributed by atoms with van der Waals surface area (Å²) in [5.41, 5.74) is 0.835. The third-order valence-corrected chi connectivity index (χ3v) is 5.61. The lowest BCUT2D eigenvalue weighted by atomic mass is 10.0. The molecule has 8 heteroatoms. The van der Waals surface area contributed by atoms with Gasteiger partial charge in [0.25, 0.3) is 0 Å². The number of ketones is 1. The van der Waals surface area contributed by atoms with Crippen molar-refractivity contribution in [1.82, 2.24) is 9.80 Å². The minimum atomic E-state index is -0.181. The number of nitrogens with zero attached hydrogens (tertiary/aromatic N) is 2. The van der Waals surface area contributed by atoms with Gasteiger partial charge in [-0.2, -0.15) is 0 Å². The zero-order valence-corrected chi connectivity index (χ0v) is 18.2. The molecule has 1 aromatic carbocycles. The predicted octanol–water partition coefficient (Wildman–Crippen LogP) is 2.53. The van der Waals surface area contributed by atoms with E-state index < -0.39 is 0 Å². The Morgan fingerprint density at radius 2 is 1.80 bits per heavy atom. The fourth-order valence-corrected chi connectivity index (χ4v) is 3.89. The van der Waals surface area contributed by atoms with E-state index in [2.05, 4.69) is 10.2 Å². The van der Waals surface area contributed by atoms with Crippen molar-refractivity contribution >= 4 is 23.3 Å². The third-order valence-electron chi connectivity index (χ3n) is 5.61. The third kappa shape index (κ3) is 5.30. The molecule has 30 heavy (non-hydrogen) atoms. The summed E-state index contributed by atoms with van der Waals surface area (Å²) in [6, 6.07) is 3.46. The second-order valence-corrected chi connectivity index (χ2v) is 8.47. The number of ether oxygens (including phenoxy) is 2. The summed E-state index contributed by atoms with van der Waals surface area (Å²) in [5.74, 6) is 1.22. The van der Waals surface area contributed by atoms with Crippen LogP contribution in [0, 0.1) is 5.92 Å². The van der Waals surface area contributed by atoms with Crippen molar-refractivity contribution in [3.63, 3.8) is 0 Å². The van der Waals surface area contributed by atoms with Gasteiger partial charge in [0.05, 0.1) is 12.2 Å². The molecule has 0 atom stereocenters. The van der Waals surface area contributed by atoms with Crippen LogP contribution >= 0.6 is 0 Å². The fraction of sp³-hybridized carbons (Fsp3) is 0.591. The highest BCUT2D eigenvalue weighted by Crippen LogP contribution is 2.37. The quantitative estimate of drug-likeness (QED) is 0.686. The van der Waals surface area contributed by atoms with Gasteiger partial charge in [-0.15, -0.1) is 0 Å². The topological polar surface area (TPSA) is 88.2 Å². The van der Waals surface area contributed by atoms with Crippen LogP contribution < -0.4 is 14.8 Å². The Labute approximate surface area is 177 Å². The van der Waals surface area contributed by atoms with Gasteiger partial charge in [-0.05, 0) is 31.7 Å². The average molecular weight is 418 g/mol. The molecule has 0 spiro atoms. The maximum absolute atomic E-state index is 12.6. The van der Waals surface area contributed by atoms with Crippen molar-refractivity contribution in [3.05, 3.63) is 17.7 Å². The lowest BCUT2D eigenvalue weighted by Gasteiger charge is -2.36. The summed E-state index contributed by atoms with van der Waals surface area (Å²) in [6.07, 6.45) is 2.25. The molecule has 0 aromatic heterocycles. The Balaban J connectivity index is 1.53. The number of rotatable bonds is 7. The van der Waals surface area contributed by atoms with E-state index in [1.54, 1.807) is 12.1 Å². The number of piperidine rings is 1. The molecule has 0 unspecified atom stereocenters. The smallest absolute Gasteiger partial charge is 0.238 e. The second kappa shape index (κ2) is 9.47. The van der Waals surface area contributed by atoms with Gasteiger partial charge in [-0.3, -0.25) is 19.3 Å². The summed E-state index contributed by atoms with van der Waals surface area (Å²) >= 11 is 0. The number of Topliss-reactive ketones (excluding diaryl/α,β-unsaturated/α-hetero) is 1. The molecule has 2 aliphatic heterocycles. The molecule has 0 radical (unpaired) electrons. The number of anilines is 1. The Morgan fingerprint density at radius 3 is 2.40 bits per heavy atom. The molecule has 0 bridgehead atoms. The highest BCUT2D eigenvalue weighted by Gasteiger charge is 2.27. The molecular weight excluding hydrogens is 386 g/mol. The minimum absolute atomic E-state index is 0.104. The minimum Gasteiger partial charge on any atom is -0.454 e. The van der Waals surface area contributed by atoms with Gasteiger partial charge in [0.1, 0.15) is 0 Å². The first-order valence-corrected chi connectivity index (χ1v) is 10.5. The van der Waals surface area contributed by atoms with Gasteiger partial charge >= 0.3 is 0 Å². The molecular formula is C22H31N3O5. The fourth-order valence-electron chi connectivity index (χ4n) is 3.89. The molecule has 2 amide bonds. The van der Waals surface area contributed by atoms with E-state index in [9.17, 15) is 14.4 Å². The van der Waals surface area contributed by atoms with Crippen molar-refractivity contribution in [2.24, 2.45) is 5.92 Å². The van der Waals surface area contributed by atoms with Crippen LogP contribution in [0.15, 0.2) is 12.1 Å². The van der Waals surface area contributed by atoms with E-state index in [-0.39, 0.29) is 37.0 Å². The van der Waals surface area contributed by atoms with E-state index in [1.165, 1.54) is 6.92 Å². The van der Waals surface area contributed by atoms with Crippen LogP contribution in [0.1, 0.15) is 50.4 Å². The normalized spacial score (nSPS) is 16.6. The number of hydrogen-bond donors (Lipinski definition) is 1. The molecule has 0 saturated carbocycles. The zero-order valence-electron chi connectivity index (χ0n) is 18.2. The van der Waals surface area contributed by atoms with Crippen molar-refractivity contribution in [3.8, 4) is 11.5 Å². The summed E-state index contributed by atoms with van der Waals surface area (Å²) in [5, 5.41) is 2.84. The lowest BCUT2D eigenvalue weighted by Crippen LogP contribution is -2.47. The van der Waals surface area contributed by atoms with Crippen LogP contribution in [-0.4, -0.2) is 66.9 Å². The number of benzene rings is 1. The molecule has 1 saturated heterocycles. The molecule has 8 nitrogen and oxygen atoms in total. The van der Waals surface area contributed by atoms with Crippen molar-refractivity contribution in [2.45, 2.75) is 46.1 Å². The molecule has 1 fully saturated rings. The SMILES string of the molecule is CC(=O)c1cc2c(cc1NC(=O)CN1CCC(N(C)C(=O)CC(C)C)CC1)OCO2. The standard InChI is InChI=1S/C22H31N3O5/c1-14(2)9-22(28)24(4)16-5-7-25(8-6-16)12-21(27)23-18-11-20-19(29-13-30-20)10-17(18)15(3)26/h10-11,14,16H,5-9,12-13H2,1-4H3,(H,23,27). The molecule has 2 heterocycles. The van der Waals surface area contributed by atoms with Gasteiger partial charge in [-0.25, -0.2) is 0 Å². The Morgan fingerprint density at radius 1 is 1.17 bits per heavy atom. The average Bonchev–Trinajstić information content (AvgIpc) is 3.14. The number of carbonyl (C=O) groups excluding carboxylic acids is 3. The maximum Gasteiger partial charge on any atom is 0.238 e. The lowest BCUT2D eigenvalue weighted by molar-refractivity contribution is -0.134. The van der Waals surface area contributed by atoms with Crippen molar-refractivity contribution < 1.29 is 23.9 Å². The van der Waals surface area contributed by atoms with Gasteiger partial charge in [0.15, 0.2) is 17.3 Å². The highest BCUT2D eigenvalue weighted by molar-refractivity contribution is 6.05. The van der Waals surface area contributed by atoms with Crippen molar-refractivity contribution in [2.75, 3.05) is 38.8 Å². The highest BCUT2D eigenvalue weighted by atomic mass is 16.7. The van der Waals surface area contributed by atoms with Gasteiger partial charge in [0, 0.05) is 44.2 Å². The van der Waals surface area contributed by atoms with Crippen LogP contribution in [0.4, 0.5) is 5.69 Å². The van der Waals surface area contributed by atoms with E-state index in [0.717, 1.165) is 25.9 Å². The number of nitrogens with one attached hydrogen (secondary N) is 1. The molecule has 2 aliphatic rings. The zero-order chi connectivity index (χ0) is 21.8. The molecule has 1 N–H and O–H groups in total.